The summed E-state index contributed by atoms with van der Waals surface area (Å²) in [4.78, 5) is 11.5. The molecular formula is C19H32O5. The van der Waals surface area contributed by atoms with Crippen LogP contribution in [0.2, 0.25) is 0 Å². The fourth-order valence-electron chi connectivity index (χ4n) is 5.32. The van der Waals surface area contributed by atoms with Crippen LogP contribution in [0.15, 0.2) is 0 Å². The molecule has 3 rings (SSSR count). The van der Waals surface area contributed by atoms with Crippen LogP contribution in [-0.2, 0) is 23.7 Å². The molecule has 2 heterocycles. The second-order valence-electron chi connectivity index (χ2n) is 8.75. The summed E-state index contributed by atoms with van der Waals surface area (Å²) < 4.78 is 24.3. The molecule has 0 aromatic carbocycles. The van der Waals surface area contributed by atoms with E-state index in [1.807, 2.05) is 20.8 Å². The summed E-state index contributed by atoms with van der Waals surface area (Å²) in [5.74, 6) is 0.0201. The zero-order valence-corrected chi connectivity index (χ0v) is 15.9. The Hall–Kier alpha value is -0.650. The summed E-state index contributed by atoms with van der Waals surface area (Å²) in [7, 11) is 0. The Bertz CT molecular complexity index is 518. The van der Waals surface area contributed by atoms with Crippen molar-refractivity contribution in [2.75, 3.05) is 13.2 Å². The van der Waals surface area contributed by atoms with Crippen LogP contribution in [0, 0.1) is 11.3 Å². The number of ether oxygens (including phenoxy) is 4. The highest BCUT2D eigenvalue weighted by Crippen LogP contribution is 2.65. The molecule has 5 atom stereocenters. The van der Waals surface area contributed by atoms with Gasteiger partial charge in [-0.15, -0.1) is 0 Å². The van der Waals surface area contributed by atoms with Crippen LogP contribution >= 0.6 is 0 Å². The van der Waals surface area contributed by atoms with Crippen molar-refractivity contribution < 1.29 is 23.7 Å². The number of carbonyl (C=O) groups is 1. The van der Waals surface area contributed by atoms with Crippen LogP contribution in [0.5, 0.6) is 0 Å². The fourth-order valence-corrected chi connectivity index (χ4v) is 5.32. The van der Waals surface area contributed by atoms with Crippen LogP contribution < -0.4 is 0 Å². The molecule has 3 aliphatic rings. The lowest BCUT2D eigenvalue weighted by molar-refractivity contribution is -0.229. The Kier molecular flexibility index (Phi) is 4.30. The number of rotatable bonds is 4. The van der Waals surface area contributed by atoms with Gasteiger partial charge in [-0.1, -0.05) is 6.92 Å². The molecule has 0 N–H and O–H groups in total. The molecule has 0 aromatic heterocycles. The number of carbonyl (C=O) groups excluding carboxylic acids is 1. The fraction of sp³-hybridized carbons (Fsp3) is 0.947. The van der Waals surface area contributed by atoms with Crippen molar-refractivity contribution in [1.29, 1.82) is 0 Å². The molecule has 0 aromatic rings. The van der Waals surface area contributed by atoms with Gasteiger partial charge >= 0.3 is 5.97 Å². The molecular weight excluding hydrogens is 308 g/mol. The minimum absolute atomic E-state index is 0.0175. The van der Waals surface area contributed by atoms with E-state index in [1.54, 1.807) is 0 Å². The molecule has 0 unspecified atom stereocenters. The van der Waals surface area contributed by atoms with E-state index in [-0.39, 0.29) is 34.8 Å². The maximum absolute atomic E-state index is 11.5. The third kappa shape index (κ3) is 2.51. The van der Waals surface area contributed by atoms with Gasteiger partial charge in [0.25, 0.3) is 0 Å². The van der Waals surface area contributed by atoms with Crippen LogP contribution in [0.4, 0.5) is 0 Å². The van der Waals surface area contributed by atoms with Crippen LogP contribution in [0.25, 0.3) is 0 Å². The van der Waals surface area contributed by atoms with E-state index in [1.165, 1.54) is 6.92 Å². The lowest BCUT2D eigenvalue weighted by Crippen LogP contribution is -2.60. The van der Waals surface area contributed by atoms with Gasteiger partial charge in [-0.25, -0.2) is 0 Å². The van der Waals surface area contributed by atoms with Gasteiger partial charge in [0.15, 0.2) is 6.29 Å². The highest BCUT2D eigenvalue weighted by molar-refractivity contribution is 5.66. The molecule has 1 spiro atoms. The Labute approximate surface area is 145 Å². The van der Waals surface area contributed by atoms with E-state index in [9.17, 15) is 4.79 Å². The second kappa shape index (κ2) is 5.68. The topological polar surface area (TPSA) is 54.0 Å². The molecule has 3 fully saturated rings. The molecule has 5 nitrogen and oxygen atoms in total. The minimum atomic E-state index is -0.502. The molecule has 0 radical (unpaired) electrons. The second-order valence-corrected chi connectivity index (χ2v) is 8.75. The zero-order valence-electron chi connectivity index (χ0n) is 15.9. The Balaban J connectivity index is 1.90. The number of esters is 1. The number of hydrogen-bond acceptors (Lipinski definition) is 5. The molecule has 138 valence electrons. The molecule has 1 aliphatic carbocycles. The van der Waals surface area contributed by atoms with Crippen molar-refractivity contribution in [2.45, 2.75) is 90.3 Å². The number of hydrogen-bond donors (Lipinski definition) is 0. The van der Waals surface area contributed by atoms with Gasteiger partial charge in [-0.05, 0) is 47.0 Å². The van der Waals surface area contributed by atoms with E-state index < -0.39 is 5.60 Å². The summed E-state index contributed by atoms with van der Waals surface area (Å²) in [5.41, 5.74) is -1.23. The lowest BCUT2D eigenvalue weighted by Gasteiger charge is -2.53. The van der Waals surface area contributed by atoms with Gasteiger partial charge in [0.05, 0.1) is 12.2 Å². The first kappa shape index (κ1) is 18.2. The smallest absolute Gasteiger partial charge is 0.303 e. The summed E-state index contributed by atoms with van der Waals surface area (Å²) in [6.45, 7) is 13.3. The van der Waals surface area contributed by atoms with Crippen molar-refractivity contribution in [3.63, 3.8) is 0 Å². The maximum atomic E-state index is 11.5. The monoisotopic (exact) mass is 340 g/mol. The van der Waals surface area contributed by atoms with Gasteiger partial charge in [-0.3, -0.25) is 4.79 Å². The Morgan fingerprint density at radius 1 is 1.29 bits per heavy atom. The standard InChI is InChI=1S/C19H32O5/c1-7-21-15-11-18(6)19(24-15)10-14(16(3,4)23-13(2)20)8-9-17(19,5)12-22-18/h14-15H,7-12H2,1-6H3/t14-,15-,17+,18-,19-/m1/s1. The molecule has 5 heteroatoms. The highest BCUT2D eigenvalue weighted by Gasteiger charge is 2.73. The van der Waals surface area contributed by atoms with Gasteiger partial charge < -0.3 is 18.9 Å². The molecule has 0 amide bonds. The summed E-state index contributed by atoms with van der Waals surface area (Å²) in [5, 5.41) is 0. The first-order valence-electron chi connectivity index (χ1n) is 9.20. The van der Waals surface area contributed by atoms with Gasteiger partial charge in [-0.2, -0.15) is 0 Å². The normalized spacial score (nSPS) is 44.9. The average Bonchev–Trinajstić information content (AvgIpc) is 2.84. The minimum Gasteiger partial charge on any atom is -0.460 e. The van der Waals surface area contributed by atoms with Gasteiger partial charge in [0.1, 0.15) is 11.2 Å². The van der Waals surface area contributed by atoms with Crippen LogP contribution in [-0.4, -0.2) is 42.3 Å². The van der Waals surface area contributed by atoms with Crippen molar-refractivity contribution in [2.24, 2.45) is 11.3 Å². The zero-order chi connectivity index (χ0) is 17.8. The van der Waals surface area contributed by atoms with Crippen molar-refractivity contribution in [1.82, 2.24) is 0 Å². The lowest BCUT2D eigenvalue weighted by atomic mass is 9.56. The molecule has 1 saturated carbocycles. The molecule has 2 saturated heterocycles. The van der Waals surface area contributed by atoms with Gasteiger partial charge in [0.2, 0.25) is 0 Å². The SMILES string of the molecule is CCO[C@H]1C[C@@]2(C)OC[C@]3(C)CC[C@@H](C(C)(C)OC(C)=O)C[C@@]32O1. The van der Waals surface area contributed by atoms with Crippen molar-refractivity contribution in [3.05, 3.63) is 0 Å². The predicted molar refractivity (Wildman–Crippen MR) is 89.5 cm³/mol. The van der Waals surface area contributed by atoms with E-state index >= 15 is 0 Å². The summed E-state index contributed by atoms with van der Waals surface area (Å²) in [6, 6.07) is 0. The quantitative estimate of drug-likeness (QED) is 0.734. The first-order chi connectivity index (χ1) is 11.1. The third-order valence-electron chi connectivity index (χ3n) is 6.75. The van der Waals surface area contributed by atoms with E-state index in [0.29, 0.717) is 6.61 Å². The molecule has 0 bridgehead atoms. The van der Waals surface area contributed by atoms with Crippen LogP contribution in [0.1, 0.15) is 67.2 Å². The van der Waals surface area contributed by atoms with Gasteiger partial charge in [0, 0.05) is 31.3 Å². The molecule has 2 aliphatic heterocycles. The predicted octanol–water partition coefficient (Wildman–Crippen LogP) is 3.45. The molecule has 24 heavy (non-hydrogen) atoms. The maximum Gasteiger partial charge on any atom is 0.303 e. The third-order valence-corrected chi connectivity index (χ3v) is 6.75. The summed E-state index contributed by atoms with van der Waals surface area (Å²) in [6.07, 6.45) is 3.41. The summed E-state index contributed by atoms with van der Waals surface area (Å²) >= 11 is 0. The van der Waals surface area contributed by atoms with Crippen molar-refractivity contribution in [3.8, 4) is 0 Å². The average molecular weight is 340 g/mol. The Morgan fingerprint density at radius 2 is 2.00 bits per heavy atom. The first-order valence-corrected chi connectivity index (χ1v) is 9.20. The van der Waals surface area contributed by atoms with E-state index in [4.69, 9.17) is 18.9 Å². The van der Waals surface area contributed by atoms with Crippen molar-refractivity contribution >= 4 is 5.97 Å². The van der Waals surface area contributed by atoms with E-state index in [2.05, 4.69) is 13.8 Å². The van der Waals surface area contributed by atoms with E-state index in [0.717, 1.165) is 32.3 Å². The highest BCUT2D eigenvalue weighted by atomic mass is 16.7. The largest absolute Gasteiger partial charge is 0.460 e. The van der Waals surface area contributed by atoms with Crippen LogP contribution in [0.3, 0.4) is 0 Å². The Morgan fingerprint density at radius 3 is 2.62 bits per heavy atom.